The van der Waals surface area contributed by atoms with Gasteiger partial charge in [0, 0.05) is 5.02 Å². The second-order valence-corrected chi connectivity index (χ2v) is 9.50. The van der Waals surface area contributed by atoms with Crippen LogP contribution in [0.25, 0.3) is 0 Å². The molecule has 0 unspecified atom stereocenters. The molecule has 0 aliphatic heterocycles. The molecule has 0 saturated carbocycles. The molecule has 13 heteroatoms. The third kappa shape index (κ3) is 7.00. The second-order valence-electron chi connectivity index (χ2n) is 6.56. The van der Waals surface area contributed by atoms with Gasteiger partial charge in [0.05, 0.1) is 22.4 Å². The van der Waals surface area contributed by atoms with Gasteiger partial charge in [-0.15, -0.1) is 0 Å². The van der Waals surface area contributed by atoms with Crippen molar-refractivity contribution in [3.63, 3.8) is 0 Å². The monoisotopic (exact) mass is 540 g/mol. The Labute approximate surface area is 196 Å². The lowest BCUT2D eigenvalue weighted by atomic mass is 10.2. The normalized spacial score (nSPS) is 11.6. The van der Waals surface area contributed by atoms with Crippen molar-refractivity contribution in [1.29, 1.82) is 0 Å². The molecule has 0 spiro atoms. The lowest BCUT2D eigenvalue weighted by Gasteiger charge is -2.11. The maximum absolute atomic E-state index is 13.5. The van der Waals surface area contributed by atoms with Gasteiger partial charge in [-0.3, -0.25) is 0 Å². The van der Waals surface area contributed by atoms with Crippen LogP contribution in [0.5, 0.6) is 11.5 Å². The number of hydrogen-bond acceptors (Lipinski definition) is 4. The molecule has 32 heavy (non-hydrogen) atoms. The molecular formula is C19H16Cl3F5O4S. The van der Waals surface area contributed by atoms with Gasteiger partial charge in [-0.05, 0) is 25.0 Å². The van der Waals surface area contributed by atoms with Gasteiger partial charge in [0.2, 0.25) is 34.8 Å². The van der Waals surface area contributed by atoms with Crippen LogP contribution in [0, 0.1) is 29.1 Å². The van der Waals surface area contributed by atoms with Crippen LogP contribution in [0.3, 0.4) is 0 Å². The van der Waals surface area contributed by atoms with Crippen LogP contribution in [0.1, 0.15) is 32.1 Å². The minimum Gasteiger partial charge on any atom is -0.490 e. The first-order valence-corrected chi connectivity index (χ1v) is 11.9. The van der Waals surface area contributed by atoms with Crippen LogP contribution in [0.2, 0.25) is 15.1 Å². The predicted octanol–water partition coefficient (Wildman–Crippen LogP) is 7.08. The van der Waals surface area contributed by atoms with Gasteiger partial charge < -0.3 is 8.92 Å². The van der Waals surface area contributed by atoms with Gasteiger partial charge in [-0.25, -0.2) is 13.2 Å². The fourth-order valence-corrected chi connectivity index (χ4v) is 4.55. The van der Waals surface area contributed by atoms with Crippen LogP contribution in [0.15, 0.2) is 12.1 Å². The molecule has 178 valence electrons. The maximum Gasteiger partial charge on any atom is 0.309 e. The molecule has 0 amide bonds. The first-order chi connectivity index (χ1) is 14.9. The van der Waals surface area contributed by atoms with E-state index in [1.54, 1.807) is 0 Å². The quantitative estimate of drug-likeness (QED) is 0.100. The van der Waals surface area contributed by atoms with E-state index in [-0.39, 0.29) is 16.5 Å². The Bertz CT molecular complexity index is 1030. The third-order valence-electron chi connectivity index (χ3n) is 4.13. The summed E-state index contributed by atoms with van der Waals surface area (Å²) in [5.74, 6) is -13.9. The van der Waals surface area contributed by atoms with E-state index in [0.717, 1.165) is 0 Å². The Kier molecular flexibility index (Phi) is 9.68. The summed E-state index contributed by atoms with van der Waals surface area (Å²) in [5, 5.41) is 0.898. The largest absolute Gasteiger partial charge is 0.490 e. The minimum absolute atomic E-state index is 0.0490. The smallest absolute Gasteiger partial charge is 0.309 e. The van der Waals surface area contributed by atoms with Gasteiger partial charge >= 0.3 is 10.1 Å². The number of unbranched alkanes of at least 4 members (excludes halogenated alkanes) is 4. The maximum atomic E-state index is 13.5. The molecule has 0 fully saturated rings. The van der Waals surface area contributed by atoms with Gasteiger partial charge in [0.25, 0.3) is 0 Å². The number of rotatable bonds is 11. The van der Waals surface area contributed by atoms with E-state index in [1.807, 2.05) is 0 Å². The van der Waals surface area contributed by atoms with Crippen LogP contribution in [-0.2, 0) is 10.1 Å². The Morgan fingerprint density at radius 1 is 0.688 bits per heavy atom. The Hall–Kier alpha value is -1.49. The summed E-state index contributed by atoms with van der Waals surface area (Å²) in [6.07, 6.45) is 2.30. The van der Waals surface area contributed by atoms with Gasteiger partial charge in [-0.1, -0.05) is 54.1 Å². The SMILES string of the molecule is O=S(=O)(CCCCCCCOc1c(Cl)cc(Cl)cc1Cl)Oc1c(F)c(F)c(F)c(F)c1F. The van der Waals surface area contributed by atoms with Gasteiger partial charge in [0.1, 0.15) is 0 Å². The fraction of sp³-hybridized carbons (Fsp3) is 0.368. The molecule has 0 saturated heterocycles. The van der Waals surface area contributed by atoms with Crippen molar-refractivity contribution in [3.8, 4) is 11.5 Å². The van der Waals surface area contributed by atoms with E-state index in [4.69, 9.17) is 39.5 Å². The van der Waals surface area contributed by atoms with E-state index in [2.05, 4.69) is 4.18 Å². The van der Waals surface area contributed by atoms with E-state index in [0.29, 0.717) is 43.1 Å². The standard InChI is InChI=1S/C19H16Cl3F5O4S/c20-10-8-11(21)18(12(22)9-10)30-6-4-2-1-3-5-7-32(28,29)31-19-16(26)14(24)13(23)15(25)17(19)27/h8-9H,1-7H2. The fourth-order valence-electron chi connectivity index (χ4n) is 2.58. The zero-order chi connectivity index (χ0) is 24.1. The van der Waals surface area contributed by atoms with E-state index in [9.17, 15) is 30.4 Å². The van der Waals surface area contributed by atoms with Crippen molar-refractivity contribution in [2.75, 3.05) is 12.4 Å². The first-order valence-electron chi connectivity index (χ1n) is 9.15. The summed E-state index contributed by atoms with van der Waals surface area (Å²) in [6.45, 7) is 0.294. The molecular weight excluding hydrogens is 526 g/mol. The highest BCUT2D eigenvalue weighted by molar-refractivity contribution is 7.87. The summed E-state index contributed by atoms with van der Waals surface area (Å²) in [6, 6.07) is 2.97. The first kappa shape index (κ1) is 26.8. The second kappa shape index (κ2) is 11.6. The molecule has 2 aromatic rings. The summed E-state index contributed by atoms with van der Waals surface area (Å²) in [4.78, 5) is 0. The summed E-state index contributed by atoms with van der Waals surface area (Å²) < 4.78 is 99.7. The Balaban J connectivity index is 1.74. The molecule has 0 aliphatic carbocycles. The van der Waals surface area contributed by atoms with E-state index < -0.39 is 50.7 Å². The molecule has 2 rings (SSSR count). The number of halogens is 8. The summed E-state index contributed by atoms with van der Waals surface area (Å²) >= 11 is 17.8. The number of benzene rings is 2. The Morgan fingerprint density at radius 3 is 1.72 bits per heavy atom. The highest BCUT2D eigenvalue weighted by Crippen LogP contribution is 2.36. The van der Waals surface area contributed by atoms with Crippen molar-refractivity contribution in [2.45, 2.75) is 32.1 Å². The molecule has 0 aliphatic rings. The van der Waals surface area contributed by atoms with Crippen molar-refractivity contribution in [2.24, 2.45) is 0 Å². The minimum atomic E-state index is -4.57. The molecule has 0 N–H and O–H groups in total. The van der Waals surface area contributed by atoms with Crippen molar-refractivity contribution in [1.82, 2.24) is 0 Å². The van der Waals surface area contributed by atoms with E-state index >= 15 is 0 Å². The lowest BCUT2D eigenvalue weighted by molar-refractivity contribution is 0.305. The van der Waals surface area contributed by atoms with Gasteiger partial charge in [0.15, 0.2) is 5.75 Å². The molecule has 0 atom stereocenters. The average Bonchev–Trinajstić information content (AvgIpc) is 2.71. The van der Waals surface area contributed by atoms with Crippen LogP contribution < -0.4 is 8.92 Å². The number of ether oxygens (including phenoxy) is 1. The molecule has 0 bridgehead atoms. The van der Waals surface area contributed by atoms with Crippen molar-refractivity contribution < 1.29 is 39.3 Å². The zero-order valence-electron chi connectivity index (χ0n) is 16.2. The third-order valence-corrected chi connectivity index (χ3v) is 6.12. The van der Waals surface area contributed by atoms with E-state index in [1.165, 1.54) is 12.1 Å². The molecule has 0 radical (unpaired) electrons. The van der Waals surface area contributed by atoms with Crippen LogP contribution in [0.4, 0.5) is 22.0 Å². The van der Waals surface area contributed by atoms with Crippen molar-refractivity contribution in [3.05, 3.63) is 56.3 Å². The average molecular weight is 542 g/mol. The molecule has 4 nitrogen and oxygen atoms in total. The van der Waals surface area contributed by atoms with Crippen LogP contribution in [-0.4, -0.2) is 20.8 Å². The molecule has 2 aromatic carbocycles. The van der Waals surface area contributed by atoms with Crippen LogP contribution >= 0.6 is 34.8 Å². The summed E-state index contributed by atoms with van der Waals surface area (Å²) in [7, 11) is -4.57. The Morgan fingerprint density at radius 2 is 1.16 bits per heavy atom. The summed E-state index contributed by atoms with van der Waals surface area (Å²) in [5.41, 5.74) is 0. The molecule has 0 aromatic heterocycles. The van der Waals surface area contributed by atoms with Crippen molar-refractivity contribution >= 4 is 44.9 Å². The van der Waals surface area contributed by atoms with Gasteiger partial charge in [-0.2, -0.15) is 17.2 Å². The zero-order valence-corrected chi connectivity index (χ0v) is 19.3. The highest BCUT2D eigenvalue weighted by Gasteiger charge is 2.30. The highest BCUT2D eigenvalue weighted by atomic mass is 35.5. The topological polar surface area (TPSA) is 52.6 Å². The number of hydrogen-bond donors (Lipinski definition) is 0. The predicted molar refractivity (Wildman–Crippen MR) is 111 cm³/mol. The lowest BCUT2D eigenvalue weighted by Crippen LogP contribution is -2.17. The molecule has 0 heterocycles.